The monoisotopic (exact) mass is 224 g/mol. The molecule has 0 radical (unpaired) electrons. The number of hydrogen-bond acceptors (Lipinski definition) is 2. The van der Waals surface area contributed by atoms with Crippen molar-refractivity contribution in [3.63, 3.8) is 0 Å². The fraction of sp³-hybridized carbons (Fsp3) is 0.538. The fourth-order valence-corrected chi connectivity index (χ4v) is 1.58. The second-order valence-corrected chi connectivity index (χ2v) is 4.09. The maximum absolute atomic E-state index is 12.6. The Hall–Kier alpha value is -0.930. The summed E-state index contributed by atoms with van der Waals surface area (Å²) in [5.41, 5.74) is 6.77. The maximum Gasteiger partial charge on any atom is 0.123 e. The SMILES string of the molecule is CCC(CN)CNCCc1ccc(F)cc1. The van der Waals surface area contributed by atoms with Crippen molar-refractivity contribution in [2.45, 2.75) is 19.8 Å². The van der Waals surface area contributed by atoms with Gasteiger partial charge in [0.05, 0.1) is 0 Å². The second kappa shape index (κ2) is 7.36. The molecule has 0 aliphatic heterocycles. The second-order valence-electron chi connectivity index (χ2n) is 4.09. The molecule has 0 aromatic heterocycles. The minimum atomic E-state index is -0.175. The van der Waals surface area contributed by atoms with Crippen molar-refractivity contribution in [2.24, 2.45) is 11.7 Å². The summed E-state index contributed by atoms with van der Waals surface area (Å²) in [5.74, 6) is 0.388. The van der Waals surface area contributed by atoms with Crippen LogP contribution >= 0.6 is 0 Å². The number of benzene rings is 1. The first kappa shape index (κ1) is 13.1. The summed E-state index contributed by atoms with van der Waals surface area (Å²) in [4.78, 5) is 0. The van der Waals surface area contributed by atoms with Gasteiger partial charge in [-0.15, -0.1) is 0 Å². The largest absolute Gasteiger partial charge is 0.330 e. The molecule has 1 rings (SSSR count). The predicted octanol–water partition coefficient (Wildman–Crippen LogP) is 1.94. The Bertz CT molecular complexity index is 280. The summed E-state index contributed by atoms with van der Waals surface area (Å²) in [7, 11) is 0. The average molecular weight is 224 g/mol. The Balaban J connectivity index is 2.18. The molecule has 1 unspecified atom stereocenters. The lowest BCUT2D eigenvalue weighted by Crippen LogP contribution is -2.29. The highest BCUT2D eigenvalue weighted by Crippen LogP contribution is 2.03. The minimum absolute atomic E-state index is 0.175. The van der Waals surface area contributed by atoms with Crippen LogP contribution in [0.4, 0.5) is 4.39 Å². The molecule has 3 heteroatoms. The molecule has 0 spiro atoms. The van der Waals surface area contributed by atoms with Crippen LogP contribution in [0, 0.1) is 11.7 Å². The van der Waals surface area contributed by atoms with Crippen LogP contribution in [-0.2, 0) is 6.42 Å². The van der Waals surface area contributed by atoms with E-state index in [1.807, 2.05) is 12.1 Å². The fourth-order valence-electron chi connectivity index (χ4n) is 1.58. The van der Waals surface area contributed by atoms with Gasteiger partial charge in [-0.05, 0) is 49.7 Å². The number of halogens is 1. The highest BCUT2D eigenvalue weighted by molar-refractivity contribution is 5.16. The van der Waals surface area contributed by atoms with Crippen molar-refractivity contribution >= 4 is 0 Å². The van der Waals surface area contributed by atoms with E-state index in [-0.39, 0.29) is 5.82 Å². The van der Waals surface area contributed by atoms with E-state index in [9.17, 15) is 4.39 Å². The number of hydrogen-bond donors (Lipinski definition) is 2. The Labute approximate surface area is 97.0 Å². The van der Waals surface area contributed by atoms with Gasteiger partial charge in [-0.2, -0.15) is 0 Å². The Morgan fingerprint density at radius 3 is 2.56 bits per heavy atom. The molecular formula is C13H21FN2. The van der Waals surface area contributed by atoms with Gasteiger partial charge in [-0.25, -0.2) is 4.39 Å². The average Bonchev–Trinajstić information content (AvgIpc) is 2.32. The molecule has 0 saturated carbocycles. The quantitative estimate of drug-likeness (QED) is 0.695. The first-order valence-corrected chi connectivity index (χ1v) is 5.91. The number of nitrogens with one attached hydrogen (secondary N) is 1. The van der Waals surface area contributed by atoms with E-state index in [1.165, 1.54) is 12.1 Å². The van der Waals surface area contributed by atoms with Crippen molar-refractivity contribution in [2.75, 3.05) is 19.6 Å². The van der Waals surface area contributed by atoms with E-state index in [0.29, 0.717) is 5.92 Å². The zero-order chi connectivity index (χ0) is 11.8. The van der Waals surface area contributed by atoms with Crippen molar-refractivity contribution in [1.29, 1.82) is 0 Å². The van der Waals surface area contributed by atoms with Crippen LogP contribution in [0.25, 0.3) is 0 Å². The third-order valence-electron chi connectivity index (χ3n) is 2.85. The molecule has 2 nitrogen and oxygen atoms in total. The van der Waals surface area contributed by atoms with Crippen molar-refractivity contribution in [3.8, 4) is 0 Å². The van der Waals surface area contributed by atoms with Gasteiger partial charge in [0, 0.05) is 0 Å². The molecule has 0 aliphatic carbocycles. The molecule has 0 heterocycles. The lowest BCUT2D eigenvalue weighted by Gasteiger charge is -2.12. The minimum Gasteiger partial charge on any atom is -0.330 e. The molecular weight excluding hydrogens is 203 g/mol. The van der Waals surface area contributed by atoms with Crippen molar-refractivity contribution in [3.05, 3.63) is 35.6 Å². The van der Waals surface area contributed by atoms with E-state index in [0.717, 1.165) is 38.0 Å². The van der Waals surface area contributed by atoms with Gasteiger partial charge in [-0.3, -0.25) is 0 Å². The van der Waals surface area contributed by atoms with E-state index in [4.69, 9.17) is 5.73 Å². The third kappa shape index (κ3) is 4.73. The summed E-state index contributed by atoms with van der Waals surface area (Å²) >= 11 is 0. The van der Waals surface area contributed by atoms with Crippen molar-refractivity contribution < 1.29 is 4.39 Å². The molecule has 90 valence electrons. The molecule has 16 heavy (non-hydrogen) atoms. The molecule has 0 fully saturated rings. The zero-order valence-electron chi connectivity index (χ0n) is 9.88. The summed E-state index contributed by atoms with van der Waals surface area (Å²) in [6.07, 6.45) is 2.04. The van der Waals surface area contributed by atoms with E-state index < -0.39 is 0 Å². The van der Waals surface area contributed by atoms with Gasteiger partial charge >= 0.3 is 0 Å². The molecule has 0 saturated heterocycles. The smallest absolute Gasteiger partial charge is 0.123 e. The van der Waals surface area contributed by atoms with Crippen LogP contribution in [0.1, 0.15) is 18.9 Å². The predicted molar refractivity (Wildman–Crippen MR) is 65.8 cm³/mol. The molecule has 3 N–H and O–H groups in total. The number of rotatable bonds is 7. The molecule has 1 aromatic carbocycles. The van der Waals surface area contributed by atoms with Crippen LogP contribution in [-0.4, -0.2) is 19.6 Å². The summed E-state index contributed by atoms with van der Waals surface area (Å²) in [6, 6.07) is 6.67. The van der Waals surface area contributed by atoms with E-state index in [2.05, 4.69) is 12.2 Å². The standard InChI is InChI=1S/C13H21FN2/c1-2-11(9-15)10-16-8-7-12-3-5-13(14)6-4-12/h3-6,11,16H,2,7-10,15H2,1H3. The van der Waals surface area contributed by atoms with E-state index in [1.54, 1.807) is 0 Å². The summed E-state index contributed by atoms with van der Waals surface area (Å²) in [6.45, 7) is 4.77. The van der Waals surface area contributed by atoms with Crippen LogP contribution < -0.4 is 11.1 Å². The lowest BCUT2D eigenvalue weighted by molar-refractivity contribution is 0.473. The Morgan fingerprint density at radius 2 is 2.00 bits per heavy atom. The summed E-state index contributed by atoms with van der Waals surface area (Å²) < 4.78 is 12.6. The highest BCUT2D eigenvalue weighted by atomic mass is 19.1. The summed E-state index contributed by atoms with van der Waals surface area (Å²) in [5, 5.41) is 3.38. The van der Waals surface area contributed by atoms with Gasteiger partial charge in [0.1, 0.15) is 5.82 Å². The normalized spacial score (nSPS) is 12.7. The molecule has 0 amide bonds. The van der Waals surface area contributed by atoms with Crippen LogP contribution in [0.3, 0.4) is 0 Å². The highest BCUT2D eigenvalue weighted by Gasteiger charge is 2.02. The van der Waals surface area contributed by atoms with Crippen LogP contribution in [0.15, 0.2) is 24.3 Å². The van der Waals surface area contributed by atoms with Gasteiger partial charge in [0.25, 0.3) is 0 Å². The molecule has 1 aromatic rings. The van der Waals surface area contributed by atoms with Crippen LogP contribution in [0.5, 0.6) is 0 Å². The molecule has 1 atom stereocenters. The van der Waals surface area contributed by atoms with Gasteiger partial charge in [0.2, 0.25) is 0 Å². The topological polar surface area (TPSA) is 38.0 Å². The van der Waals surface area contributed by atoms with Crippen molar-refractivity contribution in [1.82, 2.24) is 5.32 Å². The first-order valence-electron chi connectivity index (χ1n) is 5.91. The number of nitrogens with two attached hydrogens (primary N) is 1. The van der Waals surface area contributed by atoms with Gasteiger partial charge < -0.3 is 11.1 Å². The lowest BCUT2D eigenvalue weighted by atomic mass is 10.1. The third-order valence-corrected chi connectivity index (χ3v) is 2.85. The first-order chi connectivity index (χ1) is 7.76. The zero-order valence-corrected chi connectivity index (χ0v) is 9.88. The Kier molecular flexibility index (Phi) is 6.04. The molecule has 0 bridgehead atoms. The van der Waals surface area contributed by atoms with Gasteiger partial charge in [-0.1, -0.05) is 25.5 Å². The van der Waals surface area contributed by atoms with Crippen LogP contribution in [0.2, 0.25) is 0 Å². The maximum atomic E-state index is 12.6. The Morgan fingerprint density at radius 1 is 1.31 bits per heavy atom. The molecule has 0 aliphatic rings. The van der Waals surface area contributed by atoms with Gasteiger partial charge in [0.15, 0.2) is 0 Å². The van der Waals surface area contributed by atoms with E-state index >= 15 is 0 Å².